The van der Waals surface area contributed by atoms with E-state index in [9.17, 15) is 57.1 Å². The first-order valence-corrected chi connectivity index (χ1v) is 14.9. The van der Waals surface area contributed by atoms with Gasteiger partial charge in [-0.25, -0.2) is 0 Å². The molecule has 0 spiro atoms. The summed E-state index contributed by atoms with van der Waals surface area (Å²) in [5.74, 6) is -9.32. The second-order valence-corrected chi connectivity index (χ2v) is 11.3. The first kappa shape index (κ1) is 38.9. The standard InChI is InChI=1S/C31H28ClF4N5O11/c1-37-27(44)24-15-7-12(50-2)8-20(52-4)21(15)14-9-13(18(42)10-19(14)51-3)23(40-30(47)31(34,35)36)28(45)39-25(29(46)38-24)26(43)11-5-16(32)22(33)17(6-11)41(48)49/h5-10,23-26,42-43H,1-4H3,(H,37,44)(H,38,46)(H,39,45)(H,40,47)/t23-,24+,25+,26-/m1/s1. The topological polar surface area (TPSA) is 228 Å². The molecule has 0 fully saturated rings. The Morgan fingerprint density at radius 2 is 1.63 bits per heavy atom. The number of alkyl halides is 3. The van der Waals surface area contributed by atoms with E-state index in [4.69, 9.17) is 25.8 Å². The zero-order valence-corrected chi connectivity index (χ0v) is 27.9. The normalized spacial score (nSPS) is 17.9. The van der Waals surface area contributed by atoms with Crippen molar-refractivity contribution in [2.75, 3.05) is 28.4 Å². The van der Waals surface area contributed by atoms with Gasteiger partial charge in [0.15, 0.2) is 0 Å². The van der Waals surface area contributed by atoms with Crippen LogP contribution in [0, 0.1) is 15.9 Å². The number of nitrogens with zero attached hydrogens (tertiary/aromatic N) is 1. The lowest BCUT2D eigenvalue weighted by Crippen LogP contribution is -2.55. The van der Waals surface area contributed by atoms with Gasteiger partial charge in [0.2, 0.25) is 23.5 Å². The average Bonchev–Trinajstić information content (AvgIpc) is 3.10. The summed E-state index contributed by atoms with van der Waals surface area (Å²) in [7, 11) is 4.81. The molecule has 4 atom stereocenters. The van der Waals surface area contributed by atoms with E-state index in [0.29, 0.717) is 12.1 Å². The second kappa shape index (κ2) is 15.2. The number of phenols is 1. The molecule has 2 bridgehead atoms. The minimum atomic E-state index is -5.58. The number of carbonyl (C=O) groups is 4. The lowest BCUT2D eigenvalue weighted by atomic mass is 9.89. The highest BCUT2D eigenvalue weighted by molar-refractivity contribution is 6.31. The Morgan fingerprint density at radius 3 is 2.19 bits per heavy atom. The molecule has 278 valence electrons. The molecule has 21 heteroatoms. The lowest BCUT2D eigenvalue weighted by molar-refractivity contribution is -0.387. The van der Waals surface area contributed by atoms with Crippen molar-refractivity contribution in [1.29, 1.82) is 0 Å². The molecule has 16 nitrogen and oxygen atoms in total. The molecule has 3 aromatic carbocycles. The summed E-state index contributed by atoms with van der Waals surface area (Å²) < 4.78 is 71.4. The lowest BCUT2D eigenvalue weighted by Gasteiger charge is -2.31. The largest absolute Gasteiger partial charge is 0.507 e. The van der Waals surface area contributed by atoms with Crippen LogP contribution in [-0.4, -0.2) is 79.4 Å². The number of ether oxygens (including phenoxy) is 3. The van der Waals surface area contributed by atoms with Crippen molar-refractivity contribution in [2.24, 2.45) is 0 Å². The van der Waals surface area contributed by atoms with E-state index in [1.54, 1.807) is 0 Å². The highest BCUT2D eigenvalue weighted by atomic mass is 35.5. The number of benzene rings is 3. The summed E-state index contributed by atoms with van der Waals surface area (Å²) >= 11 is 5.81. The quantitative estimate of drug-likeness (QED) is 0.111. The summed E-state index contributed by atoms with van der Waals surface area (Å²) in [5, 5.41) is 41.1. The van der Waals surface area contributed by atoms with Crippen molar-refractivity contribution in [1.82, 2.24) is 21.3 Å². The number of aromatic hydroxyl groups is 1. The molecule has 6 N–H and O–H groups in total. The van der Waals surface area contributed by atoms with Crippen LogP contribution in [0.25, 0.3) is 11.1 Å². The van der Waals surface area contributed by atoms with Crippen LogP contribution in [0.1, 0.15) is 34.9 Å². The molecule has 1 aliphatic heterocycles. The van der Waals surface area contributed by atoms with E-state index in [1.165, 1.54) is 38.7 Å². The van der Waals surface area contributed by atoms with E-state index in [0.717, 1.165) is 19.2 Å². The zero-order valence-electron chi connectivity index (χ0n) is 27.2. The third-order valence-electron chi connectivity index (χ3n) is 7.86. The average molecular weight is 758 g/mol. The van der Waals surface area contributed by atoms with Crippen LogP contribution in [0.2, 0.25) is 5.02 Å². The number of rotatable bonds is 8. The van der Waals surface area contributed by atoms with Crippen molar-refractivity contribution in [2.45, 2.75) is 30.4 Å². The van der Waals surface area contributed by atoms with Gasteiger partial charge in [0.25, 0.3) is 0 Å². The van der Waals surface area contributed by atoms with Gasteiger partial charge in [0.1, 0.15) is 47.2 Å². The van der Waals surface area contributed by atoms with Crippen LogP contribution >= 0.6 is 11.6 Å². The van der Waals surface area contributed by atoms with Crippen LogP contribution in [0.4, 0.5) is 23.2 Å². The van der Waals surface area contributed by atoms with Gasteiger partial charge in [-0.3, -0.25) is 29.3 Å². The maximum atomic E-state index is 14.5. The number of carbonyl (C=O) groups excluding carboxylic acids is 4. The predicted molar refractivity (Wildman–Crippen MR) is 170 cm³/mol. The van der Waals surface area contributed by atoms with E-state index >= 15 is 0 Å². The van der Waals surface area contributed by atoms with E-state index in [2.05, 4.69) is 10.6 Å². The number of phenolic OH excluding ortho intramolecular Hbond substituents is 1. The van der Waals surface area contributed by atoms with Gasteiger partial charge in [0, 0.05) is 41.9 Å². The Labute approximate surface area is 295 Å². The number of nitrogens with one attached hydrogen (secondary N) is 4. The first-order valence-electron chi connectivity index (χ1n) is 14.6. The number of aliphatic hydroxyl groups excluding tert-OH is 1. The monoisotopic (exact) mass is 757 g/mol. The fourth-order valence-corrected chi connectivity index (χ4v) is 5.58. The van der Waals surface area contributed by atoms with E-state index in [-0.39, 0.29) is 33.9 Å². The molecular formula is C31H28ClF4N5O11. The Kier molecular flexibility index (Phi) is 11.3. The summed E-state index contributed by atoms with van der Waals surface area (Å²) in [5.41, 5.74) is -2.95. The van der Waals surface area contributed by atoms with Crippen molar-refractivity contribution < 1.29 is 66.1 Å². The number of methoxy groups -OCH3 is 3. The van der Waals surface area contributed by atoms with Crippen LogP contribution < -0.4 is 35.5 Å². The van der Waals surface area contributed by atoms with Gasteiger partial charge in [-0.15, -0.1) is 0 Å². The van der Waals surface area contributed by atoms with Gasteiger partial charge in [0.05, 0.1) is 31.3 Å². The number of hydrogen-bond donors (Lipinski definition) is 6. The van der Waals surface area contributed by atoms with E-state index in [1.807, 2.05) is 5.32 Å². The van der Waals surface area contributed by atoms with Gasteiger partial charge in [-0.2, -0.15) is 17.6 Å². The molecule has 0 saturated carbocycles. The zero-order chi connectivity index (χ0) is 38.8. The fraction of sp³-hybridized carbons (Fsp3) is 0.290. The molecule has 4 amide bonds. The number of nitro groups is 1. The Morgan fingerprint density at radius 1 is 0.981 bits per heavy atom. The van der Waals surface area contributed by atoms with Crippen LogP contribution in [-0.2, 0) is 19.2 Å². The van der Waals surface area contributed by atoms with Crippen molar-refractivity contribution in [3.05, 3.63) is 74.0 Å². The number of amides is 4. The van der Waals surface area contributed by atoms with Crippen molar-refractivity contribution in [3.8, 4) is 34.1 Å². The van der Waals surface area contributed by atoms with Crippen LogP contribution in [0.15, 0.2) is 36.4 Å². The summed E-state index contributed by atoms with van der Waals surface area (Å²) in [6.07, 6.45) is -7.98. The molecular weight excluding hydrogens is 730 g/mol. The smallest absolute Gasteiger partial charge is 0.471 e. The summed E-state index contributed by atoms with van der Waals surface area (Å²) in [4.78, 5) is 64.0. The van der Waals surface area contributed by atoms with Crippen LogP contribution in [0.3, 0.4) is 0 Å². The predicted octanol–water partition coefficient (Wildman–Crippen LogP) is 2.64. The van der Waals surface area contributed by atoms with Gasteiger partial charge in [-0.05, 0) is 29.3 Å². The molecule has 0 saturated heterocycles. The molecule has 1 heterocycles. The molecule has 4 rings (SSSR count). The van der Waals surface area contributed by atoms with E-state index < -0.39 is 92.4 Å². The summed E-state index contributed by atoms with van der Waals surface area (Å²) in [6.45, 7) is 0. The minimum Gasteiger partial charge on any atom is -0.507 e. The number of fused-ring (bicyclic) bond motifs is 4. The molecule has 52 heavy (non-hydrogen) atoms. The number of nitro benzene ring substituents is 1. The van der Waals surface area contributed by atoms with Crippen LogP contribution in [0.5, 0.6) is 23.0 Å². The molecule has 3 aromatic rings. The first-order chi connectivity index (χ1) is 24.4. The SMILES string of the molecule is CNC(=O)[C@H]1NC(=O)[C@H]([C@H](O)c2cc(Cl)c(F)c([N+](=O)[O-])c2)NC(=O)[C@H](NC(=O)C(F)(F)F)c2cc(c(OC)cc2O)-c2c(OC)cc(OC)cc21. The van der Waals surface area contributed by atoms with Gasteiger partial charge < -0.3 is 45.7 Å². The highest BCUT2D eigenvalue weighted by Crippen LogP contribution is 2.47. The molecule has 0 unspecified atom stereocenters. The third kappa shape index (κ3) is 7.56. The van der Waals surface area contributed by atoms with Crippen molar-refractivity contribution in [3.63, 3.8) is 0 Å². The number of hydrogen-bond acceptors (Lipinski definition) is 11. The molecule has 1 aliphatic rings. The second-order valence-electron chi connectivity index (χ2n) is 10.9. The molecule has 0 radical (unpaired) electrons. The minimum absolute atomic E-state index is 0.0530. The van der Waals surface area contributed by atoms with Crippen molar-refractivity contribution >= 4 is 40.9 Å². The summed E-state index contributed by atoms with van der Waals surface area (Å²) in [6, 6.07) is -1.01. The molecule has 0 aromatic heterocycles. The number of likely N-dealkylation sites (N-methyl/N-ethyl adjacent to an activating group) is 1. The highest BCUT2D eigenvalue weighted by Gasteiger charge is 2.44. The Balaban J connectivity index is 2.12. The fourth-order valence-electron chi connectivity index (χ4n) is 5.36. The van der Waals surface area contributed by atoms with Gasteiger partial charge >= 0.3 is 17.8 Å². The Bertz CT molecular complexity index is 1960. The third-order valence-corrected chi connectivity index (χ3v) is 8.13. The maximum absolute atomic E-state index is 14.5. The van der Waals surface area contributed by atoms with Gasteiger partial charge in [-0.1, -0.05) is 11.6 Å². The molecule has 0 aliphatic carbocycles. The number of halogens is 5. The number of aliphatic hydroxyl groups is 1. The Hall–Kier alpha value is -5.89. The maximum Gasteiger partial charge on any atom is 0.471 e.